The normalized spacial score (nSPS) is 10.1. The van der Waals surface area contributed by atoms with Gasteiger partial charge in [0, 0.05) is 4.88 Å². The summed E-state index contributed by atoms with van der Waals surface area (Å²) in [5.41, 5.74) is 0. The fourth-order valence-electron chi connectivity index (χ4n) is 0.996. The van der Waals surface area contributed by atoms with Crippen LogP contribution in [0.25, 0.3) is 0 Å². The maximum atomic E-state index is 11.3. The number of hydrogen-bond donors (Lipinski definition) is 2. The van der Waals surface area contributed by atoms with Gasteiger partial charge in [-0.3, -0.25) is 5.32 Å². The van der Waals surface area contributed by atoms with E-state index in [0.29, 0.717) is 19.1 Å². The van der Waals surface area contributed by atoms with E-state index in [0.717, 1.165) is 4.88 Å². The summed E-state index contributed by atoms with van der Waals surface area (Å²) in [6.07, 6.45) is -0.512. The predicted octanol–water partition coefficient (Wildman–Crippen LogP) is 2.50. The van der Waals surface area contributed by atoms with Crippen LogP contribution in [-0.2, 0) is 11.3 Å². The van der Waals surface area contributed by atoms with Crippen LogP contribution in [0.3, 0.4) is 0 Å². The third-order valence-corrected chi connectivity index (χ3v) is 2.89. The lowest BCUT2D eigenvalue weighted by atomic mass is 10.2. The lowest BCUT2D eigenvalue weighted by Crippen LogP contribution is -2.39. The Labute approximate surface area is 110 Å². The van der Waals surface area contributed by atoms with E-state index in [1.165, 1.54) is 0 Å². The number of hydrogen-bond acceptors (Lipinski definition) is 4. The zero-order valence-corrected chi connectivity index (χ0v) is 11.5. The van der Waals surface area contributed by atoms with E-state index in [1.807, 2.05) is 31.4 Å². The van der Waals surface area contributed by atoms with Crippen molar-refractivity contribution in [3.8, 4) is 0 Å². The summed E-state index contributed by atoms with van der Waals surface area (Å²) in [4.78, 5) is 12.4. The van der Waals surface area contributed by atoms with Crippen molar-refractivity contribution in [1.29, 1.82) is 0 Å². The van der Waals surface area contributed by atoms with Crippen molar-refractivity contribution in [3.05, 3.63) is 22.4 Å². The average molecular weight is 272 g/mol. The standard InChI is InChI=1S/C11H16N2O2S2/c1-8(2)7-15-11(14)13-10(16)12-6-9-4-3-5-17-9/h3-5,8H,6-7H2,1-2H3,(H2,12,13,14,16). The molecule has 0 aliphatic carbocycles. The first-order valence-corrected chi connectivity index (χ1v) is 6.60. The Kier molecular flexibility index (Phi) is 5.93. The van der Waals surface area contributed by atoms with Crippen molar-refractivity contribution in [2.45, 2.75) is 20.4 Å². The van der Waals surface area contributed by atoms with E-state index in [4.69, 9.17) is 17.0 Å². The van der Waals surface area contributed by atoms with Crippen molar-refractivity contribution in [2.24, 2.45) is 5.92 Å². The maximum Gasteiger partial charge on any atom is 0.413 e. The van der Waals surface area contributed by atoms with Crippen LogP contribution in [0.2, 0.25) is 0 Å². The van der Waals surface area contributed by atoms with Gasteiger partial charge in [-0.05, 0) is 29.6 Å². The van der Waals surface area contributed by atoms with Crippen molar-refractivity contribution >= 4 is 34.8 Å². The number of nitrogens with one attached hydrogen (secondary N) is 2. The minimum absolute atomic E-state index is 0.284. The monoisotopic (exact) mass is 272 g/mol. The van der Waals surface area contributed by atoms with Crippen LogP contribution in [0.5, 0.6) is 0 Å². The SMILES string of the molecule is CC(C)COC(=O)NC(=S)NCc1cccs1. The second kappa shape index (κ2) is 7.24. The number of carbonyl (C=O) groups excluding carboxylic acids is 1. The summed E-state index contributed by atoms with van der Waals surface area (Å²) < 4.78 is 4.94. The molecule has 94 valence electrons. The lowest BCUT2D eigenvalue weighted by molar-refractivity contribution is 0.138. The topological polar surface area (TPSA) is 50.4 Å². The Morgan fingerprint density at radius 2 is 2.35 bits per heavy atom. The minimum atomic E-state index is -0.512. The molecular formula is C11H16N2O2S2. The molecule has 0 unspecified atom stereocenters. The molecule has 0 aliphatic rings. The Bertz CT molecular complexity index is 364. The molecule has 0 spiro atoms. The van der Waals surface area contributed by atoms with Crippen molar-refractivity contribution < 1.29 is 9.53 Å². The third kappa shape index (κ3) is 6.23. The molecular weight excluding hydrogens is 256 g/mol. The molecule has 1 rings (SSSR count). The number of thiocarbonyl (C=S) groups is 1. The predicted molar refractivity (Wildman–Crippen MR) is 73.1 cm³/mol. The zero-order chi connectivity index (χ0) is 12.7. The van der Waals surface area contributed by atoms with Crippen LogP contribution in [0.1, 0.15) is 18.7 Å². The van der Waals surface area contributed by atoms with Crippen LogP contribution in [-0.4, -0.2) is 17.8 Å². The smallest absolute Gasteiger partial charge is 0.413 e. The Morgan fingerprint density at radius 3 is 2.94 bits per heavy atom. The molecule has 0 saturated carbocycles. The quantitative estimate of drug-likeness (QED) is 0.827. The summed E-state index contributed by atoms with van der Waals surface area (Å²) in [6, 6.07) is 3.96. The van der Waals surface area contributed by atoms with Gasteiger partial charge in [-0.25, -0.2) is 4.79 Å². The van der Waals surface area contributed by atoms with E-state index < -0.39 is 6.09 Å². The number of alkyl carbamates (subject to hydrolysis) is 1. The highest BCUT2D eigenvalue weighted by Gasteiger charge is 2.06. The third-order valence-electron chi connectivity index (χ3n) is 1.77. The van der Waals surface area contributed by atoms with E-state index in [1.54, 1.807) is 11.3 Å². The van der Waals surface area contributed by atoms with E-state index in [-0.39, 0.29) is 5.11 Å². The minimum Gasteiger partial charge on any atom is -0.449 e. The van der Waals surface area contributed by atoms with Crippen molar-refractivity contribution in [1.82, 2.24) is 10.6 Å². The second-order valence-corrected chi connectivity index (χ2v) is 5.32. The first kappa shape index (κ1) is 13.9. The van der Waals surface area contributed by atoms with E-state index in [9.17, 15) is 4.79 Å². The molecule has 6 heteroatoms. The molecule has 17 heavy (non-hydrogen) atoms. The van der Waals surface area contributed by atoms with Gasteiger partial charge in [-0.15, -0.1) is 11.3 Å². The molecule has 1 amide bonds. The van der Waals surface area contributed by atoms with Gasteiger partial charge >= 0.3 is 6.09 Å². The second-order valence-electron chi connectivity index (χ2n) is 3.88. The van der Waals surface area contributed by atoms with E-state index in [2.05, 4.69) is 10.6 Å². The lowest BCUT2D eigenvalue weighted by Gasteiger charge is -2.10. The summed E-state index contributed by atoms with van der Waals surface area (Å²) in [5, 5.41) is 7.67. The summed E-state index contributed by atoms with van der Waals surface area (Å²) in [5.74, 6) is 0.313. The maximum absolute atomic E-state index is 11.3. The molecule has 0 saturated heterocycles. The highest BCUT2D eigenvalue weighted by atomic mass is 32.1. The van der Waals surface area contributed by atoms with Gasteiger partial charge in [0.15, 0.2) is 5.11 Å². The van der Waals surface area contributed by atoms with Gasteiger partial charge in [0.1, 0.15) is 0 Å². The molecule has 0 aromatic carbocycles. The van der Waals surface area contributed by atoms with Gasteiger partial charge in [0.05, 0.1) is 13.2 Å². The molecule has 0 fully saturated rings. The Hall–Kier alpha value is -1.14. The first-order chi connectivity index (χ1) is 8.08. The molecule has 1 aromatic rings. The van der Waals surface area contributed by atoms with Gasteiger partial charge in [0.2, 0.25) is 0 Å². The molecule has 0 aliphatic heterocycles. The first-order valence-electron chi connectivity index (χ1n) is 5.32. The number of ether oxygens (including phenoxy) is 1. The van der Waals surface area contributed by atoms with Crippen molar-refractivity contribution in [3.63, 3.8) is 0 Å². The molecule has 1 aromatic heterocycles. The van der Waals surface area contributed by atoms with E-state index >= 15 is 0 Å². The Balaban J connectivity index is 2.18. The van der Waals surface area contributed by atoms with Gasteiger partial charge in [-0.1, -0.05) is 19.9 Å². The van der Waals surface area contributed by atoms with Crippen LogP contribution in [0, 0.1) is 5.92 Å². The Morgan fingerprint density at radius 1 is 1.59 bits per heavy atom. The zero-order valence-electron chi connectivity index (χ0n) is 9.86. The molecule has 0 atom stereocenters. The fourth-order valence-corrected chi connectivity index (χ4v) is 1.80. The molecule has 0 bridgehead atoms. The van der Waals surface area contributed by atoms with Crippen LogP contribution >= 0.6 is 23.6 Å². The van der Waals surface area contributed by atoms with Gasteiger partial charge in [-0.2, -0.15) is 0 Å². The van der Waals surface area contributed by atoms with Crippen molar-refractivity contribution in [2.75, 3.05) is 6.61 Å². The number of thiophene rings is 1. The fraction of sp³-hybridized carbons (Fsp3) is 0.455. The van der Waals surface area contributed by atoms with Crippen LogP contribution < -0.4 is 10.6 Å². The number of amides is 1. The van der Waals surface area contributed by atoms with Crippen LogP contribution in [0.15, 0.2) is 17.5 Å². The summed E-state index contributed by atoms with van der Waals surface area (Å²) >= 11 is 6.60. The molecule has 1 heterocycles. The number of carbonyl (C=O) groups is 1. The average Bonchev–Trinajstić information content (AvgIpc) is 2.76. The molecule has 2 N–H and O–H groups in total. The largest absolute Gasteiger partial charge is 0.449 e. The molecule has 4 nitrogen and oxygen atoms in total. The van der Waals surface area contributed by atoms with Crippen LogP contribution in [0.4, 0.5) is 4.79 Å². The highest BCUT2D eigenvalue weighted by molar-refractivity contribution is 7.80. The number of rotatable bonds is 4. The molecule has 0 radical (unpaired) electrons. The summed E-state index contributed by atoms with van der Waals surface area (Å²) in [6.45, 7) is 4.95. The summed E-state index contributed by atoms with van der Waals surface area (Å²) in [7, 11) is 0. The van der Waals surface area contributed by atoms with Gasteiger partial charge < -0.3 is 10.1 Å². The van der Waals surface area contributed by atoms with Gasteiger partial charge in [0.25, 0.3) is 0 Å². The highest BCUT2D eigenvalue weighted by Crippen LogP contribution is 2.07.